The lowest BCUT2D eigenvalue weighted by Gasteiger charge is -2.31. The maximum Gasteiger partial charge on any atom is 0.173 e. The first kappa shape index (κ1) is 15.8. The van der Waals surface area contributed by atoms with E-state index in [2.05, 4.69) is 5.32 Å². The van der Waals surface area contributed by atoms with Crippen LogP contribution in [-0.2, 0) is 14.2 Å². The minimum absolute atomic E-state index is 0.0860. The highest BCUT2D eigenvalue weighted by molar-refractivity contribution is 5.21. The molecule has 2 atom stereocenters. The van der Waals surface area contributed by atoms with Crippen molar-refractivity contribution in [2.24, 2.45) is 0 Å². The van der Waals surface area contributed by atoms with Gasteiger partial charge in [-0.05, 0) is 25.1 Å². The summed E-state index contributed by atoms with van der Waals surface area (Å²) < 4.78 is 44.1. The summed E-state index contributed by atoms with van der Waals surface area (Å²) in [5.41, 5.74) is 0.319. The molecule has 0 aliphatic carbocycles. The van der Waals surface area contributed by atoms with Crippen molar-refractivity contribution in [3.8, 4) is 0 Å². The Kier molecular flexibility index (Phi) is 4.73. The minimum atomic E-state index is -0.516. The van der Waals surface area contributed by atoms with E-state index in [1.165, 1.54) is 6.07 Å². The molecular formula is C16H21F2NO3. The number of halogens is 2. The van der Waals surface area contributed by atoms with Gasteiger partial charge in [-0.2, -0.15) is 0 Å². The highest BCUT2D eigenvalue weighted by Crippen LogP contribution is 2.33. The third kappa shape index (κ3) is 3.46. The van der Waals surface area contributed by atoms with E-state index in [0.717, 1.165) is 25.0 Å². The number of benzene rings is 1. The topological polar surface area (TPSA) is 39.7 Å². The van der Waals surface area contributed by atoms with Crippen LogP contribution in [0, 0.1) is 11.6 Å². The van der Waals surface area contributed by atoms with Crippen LogP contribution in [0.4, 0.5) is 8.78 Å². The Bertz CT molecular complexity index is 520. The first-order chi connectivity index (χ1) is 10.6. The van der Waals surface area contributed by atoms with Crippen molar-refractivity contribution in [2.75, 3.05) is 26.4 Å². The second kappa shape index (κ2) is 6.58. The lowest BCUT2D eigenvalue weighted by atomic mass is 10.1. The molecule has 122 valence electrons. The summed E-state index contributed by atoms with van der Waals surface area (Å²) in [5.74, 6) is -1.37. The Balaban J connectivity index is 1.53. The highest BCUT2D eigenvalue weighted by atomic mass is 19.1. The average Bonchev–Trinajstić information content (AvgIpc) is 2.91. The largest absolute Gasteiger partial charge is 0.381 e. The molecule has 3 rings (SSSR count). The van der Waals surface area contributed by atoms with Crippen molar-refractivity contribution in [1.82, 2.24) is 5.32 Å². The summed E-state index contributed by atoms with van der Waals surface area (Å²) >= 11 is 0. The van der Waals surface area contributed by atoms with Crippen LogP contribution in [0.3, 0.4) is 0 Å². The van der Waals surface area contributed by atoms with E-state index in [9.17, 15) is 8.78 Å². The fourth-order valence-electron chi connectivity index (χ4n) is 2.93. The molecule has 22 heavy (non-hydrogen) atoms. The van der Waals surface area contributed by atoms with Gasteiger partial charge in [0.25, 0.3) is 0 Å². The summed E-state index contributed by atoms with van der Waals surface area (Å²) in [6.07, 6.45) is 1.38. The van der Waals surface area contributed by atoms with Crippen molar-refractivity contribution in [2.45, 2.75) is 37.7 Å². The summed E-state index contributed by atoms with van der Waals surface area (Å²) in [6.45, 7) is 4.12. The molecule has 2 saturated heterocycles. The molecular weight excluding hydrogens is 292 g/mol. The van der Waals surface area contributed by atoms with Crippen LogP contribution in [0.1, 0.15) is 31.4 Å². The van der Waals surface area contributed by atoms with Crippen LogP contribution in [-0.4, -0.2) is 38.3 Å². The molecule has 0 bridgehead atoms. The molecule has 1 N–H and O–H groups in total. The second-order valence-corrected chi connectivity index (χ2v) is 5.87. The van der Waals surface area contributed by atoms with E-state index in [0.29, 0.717) is 31.9 Å². The molecule has 2 aliphatic heterocycles. The lowest BCUT2D eigenvalue weighted by Crippen LogP contribution is -2.39. The van der Waals surface area contributed by atoms with Crippen LogP contribution < -0.4 is 5.32 Å². The van der Waals surface area contributed by atoms with Gasteiger partial charge < -0.3 is 19.5 Å². The zero-order chi connectivity index (χ0) is 15.6. The van der Waals surface area contributed by atoms with Gasteiger partial charge in [-0.25, -0.2) is 8.78 Å². The normalized spacial score (nSPS) is 25.5. The summed E-state index contributed by atoms with van der Waals surface area (Å²) in [4.78, 5) is 0. The van der Waals surface area contributed by atoms with Crippen LogP contribution in [0.25, 0.3) is 0 Å². The first-order valence-corrected chi connectivity index (χ1v) is 7.66. The molecule has 2 heterocycles. The fourth-order valence-corrected chi connectivity index (χ4v) is 2.93. The van der Waals surface area contributed by atoms with Crippen molar-refractivity contribution >= 4 is 0 Å². The van der Waals surface area contributed by atoms with Gasteiger partial charge >= 0.3 is 0 Å². The van der Waals surface area contributed by atoms with E-state index in [1.807, 2.05) is 0 Å². The van der Waals surface area contributed by atoms with Gasteiger partial charge in [0.05, 0.1) is 25.9 Å². The third-order valence-corrected chi connectivity index (χ3v) is 4.24. The van der Waals surface area contributed by atoms with Crippen LogP contribution in [0.15, 0.2) is 18.2 Å². The monoisotopic (exact) mass is 313 g/mol. The Morgan fingerprint density at radius 3 is 2.86 bits per heavy atom. The Morgan fingerprint density at radius 1 is 1.32 bits per heavy atom. The maximum absolute atomic E-state index is 13.7. The van der Waals surface area contributed by atoms with Gasteiger partial charge in [0.1, 0.15) is 11.6 Å². The molecule has 4 nitrogen and oxygen atoms in total. The minimum Gasteiger partial charge on any atom is -0.381 e. The van der Waals surface area contributed by atoms with Gasteiger partial charge in [-0.3, -0.25) is 0 Å². The van der Waals surface area contributed by atoms with Crippen molar-refractivity contribution in [3.63, 3.8) is 0 Å². The Labute approximate surface area is 128 Å². The van der Waals surface area contributed by atoms with Gasteiger partial charge in [-0.15, -0.1) is 0 Å². The molecule has 1 aromatic rings. The van der Waals surface area contributed by atoms with E-state index in [1.54, 1.807) is 6.92 Å². The first-order valence-electron chi connectivity index (χ1n) is 7.66. The summed E-state index contributed by atoms with van der Waals surface area (Å²) in [5, 5.41) is 3.19. The van der Waals surface area contributed by atoms with Crippen LogP contribution >= 0.6 is 0 Å². The van der Waals surface area contributed by atoms with Crippen molar-refractivity contribution < 1.29 is 23.0 Å². The zero-order valence-corrected chi connectivity index (χ0v) is 12.6. The molecule has 0 aromatic heterocycles. The number of hydrogen-bond acceptors (Lipinski definition) is 4. The predicted molar refractivity (Wildman–Crippen MR) is 76.4 cm³/mol. The standard InChI is InChI=1S/C16H21F2NO3/c1-11(14-8-12(17)2-3-15(14)18)19-9-13-10-21-16(22-13)4-6-20-7-5-16/h2-3,8,11,13,19H,4-7,9-10H2,1H3/t11-,13+/m0/s1. The zero-order valence-electron chi connectivity index (χ0n) is 12.6. The summed E-state index contributed by atoms with van der Waals surface area (Å²) in [7, 11) is 0. The Hall–Kier alpha value is -1.08. The van der Waals surface area contributed by atoms with Crippen molar-refractivity contribution in [3.05, 3.63) is 35.4 Å². The molecule has 0 amide bonds. The second-order valence-electron chi connectivity index (χ2n) is 5.87. The number of hydrogen-bond donors (Lipinski definition) is 1. The van der Waals surface area contributed by atoms with E-state index in [-0.39, 0.29) is 12.1 Å². The lowest BCUT2D eigenvalue weighted by molar-refractivity contribution is -0.210. The van der Waals surface area contributed by atoms with Crippen molar-refractivity contribution in [1.29, 1.82) is 0 Å². The van der Waals surface area contributed by atoms with Gasteiger partial charge in [-0.1, -0.05) is 0 Å². The van der Waals surface area contributed by atoms with Gasteiger partial charge in [0.15, 0.2) is 5.79 Å². The van der Waals surface area contributed by atoms with Gasteiger partial charge in [0.2, 0.25) is 0 Å². The maximum atomic E-state index is 13.7. The quantitative estimate of drug-likeness (QED) is 0.927. The van der Waals surface area contributed by atoms with E-state index in [4.69, 9.17) is 14.2 Å². The SMILES string of the molecule is C[C@H](NC[C@@H]1COC2(CCOCC2)O1)c1cc(F)ccc1F. The van der Waals surface area contributed by atoms with Gasteiger partial charge in [0, 0.05) is 31.0 Å². The Morgan fingerprint density at radius 2 is 2.09 bits per heavy atom. The molecule has 1 spiro atoms. The molecule has 0 unspecified atom stereocenters. The molecule has 2 fully saturated rings. The van der Waals surface area contributed by atoms with E-state index < -0.39 is 17.4 Å². The highest BCUT2D eigenvalue weighted by Gasteiger charge is 2.42. The molecule has 1 aromatic carbocycles. The fraction of sp³-hybridized carbons (Fsp3) is 0.625. The molecule has 0 saturated carbocycles. The molecule has 2 aliphatic rings. The molecule has 6 heteroatoms. The summed E-state index contributed by atoms with van der Waals surface area (Å²) in [6, 6.07) is 3.19. The number of rotatable bonds is 4. The van der Waals surface area contributed by atoms with E-state index >= 15 is 0 Å². The van der Waals surface area contributed by atoms with Crippen LogP contribution in [0.5, 0.6) is 0 Å². The number of ether oxygens (including phenoxy) is 3. The average molecular weight is 313 g/mol. The molecule has 0 radical (unpaired) electrons. The third-order valence-electron chi connectivity index (χ3n) is 4.24. The number of nitrogens with one attached hydrogen (secondary N) is 1. The smallest absolute Gasteiger partial charge is 0.173 e. The van der Waals surface area contributed by atoms with Crippen LogP contribution in [0.2, 0.25) is 0 Å². The predicted octanol–water partition coefficient (Wildman–Crippen LogP) is 2.54.